The number of benzene rings is 2. The van der Waals surface area contributed by atoms with E-state index < -0.39 is 0 Å². The molecule has 3 rings (SSSR count). The summed E-state index contributed by atoms with van der Waals surface area (Å²) in [7, 11) is 0. The molecule has 0 saturated carbocycles. The maximum absolute atomic E-state index is 5.89. The van der Waals surface area contributed by atoms with Crippen LogP contribution in [0.4, 0.5) is 0 Å². The van der Waals surface area contributed by atoms with E-state index in [4.69, 9.17) is 25.8 Å². The van der Waals surface area contributed by atoms with Gasteiger partial charge in [0.1, 0.15) is 30.2 Å². The molecule has 4 nitrogen and oxygen atoms in total. The Morgan fingerprint density at radius 2 is 1.62 bits per heavy atom. The topological polar surface area (TPSA) is 40.6 Å². The lowest BCUT2D eigenvalue weighted by Gasteiger charge is -2.10. The fraction of sp³-hybridized carbons (Fsp3) is 0.211. The molecule has 0 fully saturated rings. The first-order valence-corrected chi connectivity index (χ1v) is 8.13. The highest BCUT2D eigenvalue weighted by molar-refractivity contribution is 6.30. The van der Waals surface area contributed by atoms with Crippen molar-refractivity contribution >= 4 is 22.5 Å². The molecule has 0 bridgehead atoms. The summed E-state index contributed by atoms with van der Waals surface area (Å²) < 4.78 is 16.8. The van der Waals surface area contributed by atoms with Crippen molar-refractivity contribution in [1.29, 1.82) is 0 Å². The van der Waals surface area contributed by atoms with Gasteiger partial charge in [-0.05, 0) is 30.3 Å². The lowest BCUT2D eigenvalue weighted by atomic mass is 10.2. The molecule has 3 aromatic rings. The van der Waals surface area contributed by atoms with Gasteiger partial charge in [0.2, 0.25) is 0 Å². The second-order valence-corrected chi connectivity index (χ2v) is 5.53. The van der Waals surface area contributed by atoms with Crippen LogP contribution in [-0.2, 0) is 4.74 Å². The number of aromatic nitrogens is 1. The van der Waals surface area contributed by atoms with Crippen LogP contribution in [0.25, 0.3) is 10.9 Å². The Morgan fingerprint density at radius 3 is 2.50 bits per heavy atom. The van der Waals surface area contributed by atoms with E-state index in [0.717, 1.165) is 22.4 Å². The molecular formula is C19H18ClNO3. The predicted molar refractivity (Wildman–Crippen MR) is 95.0 cm³/mol. The van der Waals surface area contributed by atoms with Crippen molar-refractivity contribution in [2.75, 3.05) is 26.4 Å². The van der Waals surface area contributed by atoms with E-state index in [2.05, 4.69) is 4.98 Å². The Morgan fingerprint density at radius 1 is 0.833 bits per heavy atom. The van der Waals surface area contributed by atoms with Crippen molar-refractivity contribution in [1.82, 2.24) is 4.98 Å². The number of para-hydroxylation sites is 1. The number of nitrogens with zero attached hydrogens (tertiary/aromatic N) is 1. The van der Waals surface area contributed by atoms with E-state index in [9.17, 15) is 0 Å². The van der Waals surface area contributed by atoms with Gasteiger partial charge in [0.25, 0.3) is 0 Å². The van der Waals surface area contributed by atoms with Gasteiger partial charge < -0.3 is 14.2 Å². The minimum absolute atomic E-state index is 0.465. The van der Waals surface area contributed by atoms with Gasteiger partial charge in [0.05, 0.1) is 13.2 Å². The van der Waals surface area contributed by atoms with Crippen LogP contribution in [0.5, 0.6) is 11.5 Å². The van der Waals surface area contributed by atoms with Crippen molar-refractivity contribution < 1.29 is 14.2 Å². The average Bonchev–Trinajstić information content (AvgIpc) is 2.61. The molecule has 5 heteroatoms. The summed E-state index contributed by atoms with van der Waals surface area (Å²) in [4.78, 5) is 4.35. The van der Waals surface area contributed by atoms with Gasteiger partial charge >= 0.3 is 0 Å². The van der Waals surface area contributed by atoms with Gasteiger partial charge in [-0.15, -0.1) is 0 Å². The number of ether oxygens (including phenoxy) is 3. The van der Waals surface area contributed by atoms with E-state index in [1.165, 1.54) is 0 Å². The van der Waals surface area contributed by atoms with Crippen LogP contribution in [0.1, 0.15) is 0 Å². The molecule has 1 aromatic heterocycles. The highest BCUT2D eigenvalue weighted by atomic mass is 35.5. The number of rotatable bonds is 8. The fourth-order valence-corrected chi connectivity index (χ4v) is 2.46. The molecule has 0 unspecified atom stereocenters. The third-order valence-corrected chi connectivity index (χ3v) is 3.61. The molecule has 0 radical (unpaired) electrons. The van der Waals surface area contributed by atoms with E-state index in [1.807, 2.05) is 48.5 Å². The van der Waals surface area contributed by atoms with Gasteiger partial charge in [-0.3, -0.25) is 4.98 Å². The van der Waals surface area contributed by atoms with Crippen LogP contribution < -0.4 is 9.47 Å². The number of fused-ring (bicyclic) bond motifs is 1. The van der Waals surface area contributed by atoms with Crippen molar-refractivity contribution in [2.45, 2.75) is 0 Å². The molecule has 1 heterocycles. The molecule has 0 spiro atoms. The van der Waals surface area contributed by atoms with Crippen molar-refractivity contribution in [2.24, 2.45) is 0 Å². The second kappa shape index (κ2) is 8.52. The summed E-state index contributed by atoms with van der Waals surface area (Å²) in [6, 6.07) is 17.1. The first kappa shape index (κ1) is 16.6. The van der Waals surface area contributed by atoms with E-state index >= 15 is 0 Å². The van der Waals surface area contributed by atoms with E-state index in [-0.39, 0.29) is 0 Å². The Balaban J connectivity index is 1.36. The molecule has 0 aliphatic heterocycles. The average molecular weight is 344 g/mol. The third kappa shape index (κ3) is 4.60. The summed E-state index contributed by atoms with van der Waals surface area (Å²) in [6.45, 7) is 1.91. The van der Waals surface area contributed by atoms with E-state index in [1.54, 1.807) is 12.3 Å². The Hall–Kier alpha value is -2.30. The molecule has 0 aliphatic rings. The molecule has 0 N–H and O–H groups in total. The lowest BCUT2D eigenvalue weighted by molar-refractivity contribution is 0.0767. The first-order chi connectivity index (χ1) is 11.8. The fourth-order valence-electron chi connectivity index (χ4n) is 2.28. The largest absolute Gasteiger partial charge is 0.491 e. The van der Waals surface area contributed by atoms with Crippen molar-refractivity contribution in [3.05, 3.63) is 65.8 Å². The van der Waals surface area contributed by atoms with Gasteiger partial charge in [0.15, 0.2) is 0 Å². The quantitative estimate of drug-likeness (QED) is 0.570. The lowest BCUT2D eigenvalue weighted by Crippen LogP contribution is -2.12. The zero-order valence-electron chi connectivity index (χ0n) is 13.2. The molecular weight excluding hydrogens is 326 g/mol. The van der Waals surface area contributed by atoms with Crippen LogP contribution in [0.3, 0.4) is 0 Å². The normalized spacial score (nSPS) is 10.7. The minimum Gasteiger partial charge on any atom is -0.491 e. The SMILES string of the molecule is Clc1cccc(OCCOCCOc2cccc3cccnc23)c1. The van der Waals surface area contributed by atoms with Gasteiger partial charge in [-0.1, -0.05) is 35.9 Å². The number of hydrogen-bond donors (Lipinski definition) is 0. The predicted octanol–water partition coefficient (Wildman–Crippen LogP) is 4.36. The van der Waals surface area contributed by atoms with Gasteiger partial charge in [-0.25, -0.2) is 0 Å². The summed E-state index contributed by atoms with van der Waals surface area (Å²) in [6.07, 6.45) is 1.76. The standard InChI is InChI=1S/C19H18ClNO3/c20-16-6-2-7-17(14-16)23-12-10-22-11-13-24-18-8-1-4-15-5-3-9-21-19(15)18/h1-9,14H,10-13H2. The Kier molecular flexibility index (Phi) is 5.88. The second-order valence-electron chi connectivity index (χ2n) is 5.10. The summed E-state index contributed by atoms with van der Waals surface area (Å²) >= 11 is 5.89. The zero-order valence-corrected chi connectivity index (χ0v) is 13.9. The van der Waals surface area contributed by atoms with Gasteiger partial charge in [-0.2, -0.15) is 0 Å². The van der Waals surface area contributed by atoms with Crippen LogP contribution in [-0.4, -0.2) is 31.4 Å². The monoisotopic (exact) mass is 343 g/mol. The molecule has 0 saturated heterocycles. The molecule has 124 valence electrons. The molecule has 0 amide bonds. The third-order valence-electron chi connectivity index (χ3n) is 3.37. The van der Waals surface area contributed by atoms with E-state index in [0.29, 0.717) is 31.5 Å². The maximum atomic E-state index is 5.89. The van der Waals surface area contributed by atoms with Crippen molar-refractivity contribution in [3.63, 3.8) is 0 Å². The smallest absolute Gasteiger partial charge is 0.145 e. The summed E-state index contributed by atoms with van der Waals surface area (Å²) in [5, 5.41) is 1.72. The van der Waals surface area contributed by atoms with Crippen molar-refractivity contribution in [3.8, 4) is 11.5 Å². The molecule has 2 aromatic carbocycles. The Bertz CT molecular complexity index is 789. The van der Waals surface area contributed by atoms with Crippen LogP contribution >= 0.6 is 11.6 Å². The molecule has 0 atom stereocenters. The molecule has 0 aliphatic carbocycles. The maximum Gasteiger partial charge on any atom is 0.145 e. The number of halogens is 1. The highest BCUT2D eigenvalue weighted by Gasteiger charge is 2.02. The van der Waals surface area contributed by atoms with Crippen LogP contribution in [0.15, 0.2) is 60.8 Å². The summed E-state index contributed by atoms with van der Waals surface area (Å²) in [5.41, 5.74) is 0.865. The van der Waals surface area contributed by atoms with Crippen LogP contribution in [0, 0.1) is 0 Å². The summed E-state index contributed by atoms with van der Waals surface area (Å²) in [5.74, 6) is 1.51. The Labute approximate surface area is 145 Å². The van der Waals surface area contributed by atoms with Crippen LogP contribution in [0.2, 0.25) is 5.02 Å². The highest BCUT2D eigenvalue weighted by Crippen LogP contribution is 2.22. The zero-order chi connectivity index (χ0) is 16.6. The number of pyridine rings is 1. The first-order valence-electron chi connectivity index (χ1n) is 7.75. The van der Waals surface area contributed by atoms with Gasteiger partial charge in [0, 0.05) is 16.6 Å². The number of hydrogen-bond acceptors (Lipinski definition) is 4. The molecule has 24 heavy (non-hydrogen) atoms. The minimum atomic E-state index is 0.465.